The van der Waals surface area contributed by atoms with Crippen molar-refractivity contribution in [3.05, 3.63) is 35.4 Å². The lowest BCUT2D eigenvalue weighted by molar-refractivity contribution is -0.158. The lowest BCUT2D eigenvalue weighted by Gasteiger charge is -2.17. The second-order valence-corrected chi connectivity index (χ2v) is 5.87. The molecule has 1 heterocycles. The minimum absolute atomic E-state index is 0.329. The van der Waals surface area contributed by atoms with Crippen LogP contribution in [0.5, 0.6) is 0 Å². The molecule has 1 aliphatic heterocycles. The number of nitrogens with zero attached hydrogens (tertiary/aromatic N) is 1. The number of carbonyl (C=O) groups is 3. The second kappa shape index (κ2) is 7.37. The van der Waals surface area contributed by atoms with E-state index in [9.17, 15) is 14.4 Å². The van der Waals surface area contributed by atoms with Crippen LogP contribution in [0, 0.1) is 5.92 Å². The number of amides is 2. The molecule has 0 aromatic heterocycles. The molecular weight excluding hydrogens is 298 g/mol. The summed E-state index contributed by atoms with van der Waals surface area (Å²) in [7, 11) is 0. The Morgan fingerprint density at radius 3 is 2.17 bits per heavy atom. The molecule has 2 rings (SSSR count). The molecule has 0 aliphatic carbocycles. The molecule has 124 valence electrons. The predicted octanol–water partition coefficient (Wildman–Crippen LogP) is 2.23. The Labute approximate surface area is 135 Å². The van der Waals surface area contributed by atoms with Crippen molar-refractivity contribution in [2.75, 3.05) is 13.3 Å². The van der Waals surface area contributed by atoms with Crippen LogP contribution in [0.2, 0.25) is 0 Å². The average Bonchev–Trinajstić information content (AvgIpc) is 2.76. The molecule has 0 saturated heterocycles. The third-order valence-electron chi connectivity index (χ3n) is 3.61. The van der Waals surface area contributed by atoms with Gasteiger partial charge in [-0.1, -0.05) is 26.0 Å². The van der Waals surface area contributed by atoms with Crippen LogP contribution in [0.25, 0.3) is 0 Å². The monoisotopic (exact) mass is 319 g/mol. The Morgan fingerprint density at radius 1 is 1.09 bits per heavy atom. The molecule has 1 aromatic rings. The minimum Gasteiger partial charge on any atom is -0.442 e. The average molecular weight is 319 g/mol. The van der Waals surface area contributed by atoms with Crippen molar-refractivity contribution in [3.63, 3.8) is 0 Å². The summed E-state index contributed by atoms with van der Waals surface area (Å²) in [5, 5.41) is 0. The molecular formula is C17H21NO5. The van der Waals surface area contributed by atoms with Gasteiger partial charge < -0.3 is 9.47 Å². The van der Waals surface area contributed by atoms with Gasteiger partial charge in [-0.2, -0.15) is 0 Å². The maximum Gasteiger partial charge on any atom is 0.336 e. The molecule has 0 radical (unpaired) electrons. The van der Waals surface area contributed by atoms with Crippen LogP contribution >= 0.6 is 0 Å². The molecule has 6 heteroatoms. The van der Waals surface area contributed by atoms with Gasteiger partial charge in [-0.15, -0.1) is 0 Å². The molecule has 0 bridgehead atoms. The second-order valence-electron chi connectivity index (χ2n) is 5.87. The van der Waals surface area contributed by atoms with Gasteiger partial charge in [-0.3, -0.25) is 9.59 Å². The van der Waals surface area contributed by atoms with Crippen LogP contribution in [0.1, 0.15) is 47.9 Å². The van der Waals surface area contributed by atoms with E-state index in [1.54, 1.807) is 31.2 Å². The fraction of sp³-hybridized carbons (Fsp3) is 0.471. The number of fused-ring (bicyclic) bond motifs is 1. The molecule has 0 N–H and O–H groups in total. The van der Waals surface area contributed by atoms with Crippen LogP contribution in [0.3, 0.4) is 0 Å². The first-order chi connectivity index (χ1) is 10.9. The Kier molecular flexibility index (Phi) is 5.50. The number of carbonyl (C=O) groups excluding carboxylic acids is 3. The number of esters is 1. The number of ether oxygens (including phenoxy) is 2. The number of hydrogen-bond acceptors (Lipinski definition) is 5. The SMILES string of the molecule is CC(C)CCOC(C)C(=O)OCN1C(=O)c2ccccc2C1=O. The van der Waals surface area contributed by atoms with Crippen molar-refractivity contribution in [1.29, 1.82) is 0 Å². The van der Waals surface area contributed by atoms with E-state index >= 15 is 0 Å². The fourth-order valence-electron chi connectivity index (χ4n) is 2.15. The van der Waals surface area contributed by atoms with E-state index in [2.05, 4.69) is 13.8 Å². The van der Waals surface area contributed by atoms with Gasteiger partial charge >= 0.3 is 5.97 Å². The number of rotatable bonds is 7. The van der Waals surface area contributed by atoms with E-state index in [1.165, 1.54) is 0 Å². The van der Waals surface area contributed by atoms with Gasteiger partial charge in [0.15, 0.2) is 12.8 Å². The summed E-state index contributed by atoms with van der Waals surface area (Å²) in [6.07, 6.45) is 0.111. The molecule has 0 fully saturated rings. The van der Waals surface area contributed by atoms with Crippen molar-refractivity contribution in [2.24, 2.45) is 5.92 Å². The summed E-state index contributed by atoms with van der Waals surface area (Å²) < 4.78 is 10.4. The smallest absolute Gasteiger partial charge is 0.336 e. The van der Waals surface area contributed by atoms with E-state index in [0.29, 0.717) is 23.7 Å². The highest BCUT2D eigenvalue weighted by molar-refractivity contribution is 6.21. The zero-order chi connectivity index (χ0) is 17.0. The van der Waals surface area contributed by atoms with Gasteiger partial charge in [-0.05, 0) is 31.4 Å². The largest absolute Gasteiger partial charge is 0.442 e. The Morgan fingerprint density at radius 2 is 1.65 bits per heavy atom. The molecule has 1 aromatic carbocycles. The highest BCUT2D eigenvalue weighted by Gasteiger charge is 2.36. The van der Waals surface area contributed by atoms with Gasteiger partial charge in [0.25, 0.3) is 11.8 Å². The number of hydrogen-bond donors (Lipinski definition) is 0. The molecule has 6 nitrogen and oxygen atoms in total. The van der Waals surface area contributed by atoms with Gasteiger partial charge in [-0.25, -0.2) is 9.69 Å². The van der Waals surface area contributed by atoms with E-state index < -0.39 is 30.6 Å². The van der Waals surface area contributed by atoms with Crippen molar-refractivity contribution in [3.8, 4) is 0 Å². The molecule has 0 spiro atoms. The van der Waals surface area contributed by atoms with E-state index in [4.69, 9.17) is 9.47 Å². The first-order valence-electron chi connectivity index (χ1n) is 7.65. The van der Waals surface area contributed by atoms with E-state index in [0.717, 1.165) is 11.3 Å². The highest BCUT2D eigenvalue weighted by Crippen LogP contribution is 2.22. The molecule has 1 atom stereocenters. The summed E-state index contributed by atoms with van der Waals surface area (Å²) >= 11 is 0. The maximum atomic E-state index is 12.1. The third kappa shape index (κ3) is 3.96. The normalized spacial score (nSPS) is 15.0. The van der Waals surface area contributed by atoms with Crippen LogP contribution in [0.15, 0.2) is 24.3 Å². The quantitative estimate of drug-likeness (QED) is 0.569. The van der Waals surface area contributed by atoms with E-state index in [-0.39, 0.29) is 0 Å². The van der Waals surface area contributed by atoms with Gasteiger partial charge in [0.2, 0.25) is 0 Å². The zero-order valence-electron chi connectivity index (χ0n) is 13.6. The van der Waals surface area contributed by atoms with Gasteiger partial charge in [0, 0.05) is 6.61 Å². The zero-order valence-corrected chi connectivity index (χ0v) is 13.6. The van der Waals surface area contributed by atoms with Crippen LogP contribution < -0.4 is 0 Å². The topological polar surface area (TPSA) is 72.9 Å². The summed E-state index contributed by atoms with van der Waals surface area (Å²) in [5.41, 5.74) is 0.657. The van der Waals surface area contributed by atoms with Crippen LogP contribution in [-0.4, -0.2) is 42.1 Å². The third-order valence-corrected chi connectivity index (χ3v) is 3.61. The highest BCUT2D eigenvalue weighted by atomic mass is 16.6. The van der Waals surface area contributed by atoms with Crippen molar-refractivity contribution >= 4 is 17.8 Å². The summed E-state index contributed by atoms with van der Waals surface area (Å²) in [6, 6.07) is 6.53. The van der Waals surface area contributed by atoms with Gasteiger partial charge in [0.1, 0.15) is 0 Å². The van der Waals surface area contributed by atoms with Crippen molar-refractivity contribution < 1.29 is 23.9 Å². The lowest BCUT2D eigenvalue weighted by atomic mass is 10.1. The first-order valence-corrected chi connectivity index (χ1v) is 7.65. The summed E-state index contributed by atoms with van der Waals surface area (Å²) in [5.74, 6) is -1.01. The molecule has 23 heavy (non-hydrogen) atoms. The van der Waals surface area contributed by atoms with E-state index in [1.807, 2.05) is 0 Å². The summed E-state index contributed by atoms with van der Waals surface area (Å²) in [4.78, 5) is 37.0. The maximum absolute atomic E-state index is 12.1. The standard InChI is InChI=1S/C17H21NO5/c1-11(2)8-9-22-12(3)17(21)23-10-18-15(19)13-6-4-5-7-14(13)16(18)20/h4-7,11-12H,8-10H2,1-3H3. The first kappa shape index (κ1) is 17.1. The van der Waals surface area contributed by atoms with Crippen molar-refractivity contribution in [1.82, 2.24) is 4.90 Å². The Hall–Kier alpha value is -2.21. The fourth-order valence-corrected chi connectivity index (χ4v) is 2.15. The van der Waals surface area contributed by atoms with Gasteiger partial charge in [0.05, 0.1) is 11.1 Å². The number of benzene rings is 1. The molecule has 0 saturated carbocycles. The number of imide groups is 1. The molecule has 2 amide bonds. The predicted molar refractivity (Wildman–Crippen MR) is 82.8 cm³/mol. The van der Waals surface area contributed by atoms with Crippen LogP contribution in [-0.2, 0) is 14.3 Å². The summed E-state index contributed by atoms with van der Waals surface area (Å²) in [6.45, 7) is 5.78. The van der Waals surface area contributed by atoms with Crippen molar-refractivity contribution in [2.45, 2.75) is 33.3 Å². The Balaban J connectivity index is 1.86. The molecule has 1 unspecified atom stereocenters. The lowest BCUT2D eigenvalue weighted by Crippen LogP contribution is -2.35. The van der Waals surface area contributed by atoms with Crippen LogP contribution in [0.4, 0.5) is 0 Å². The Bertz CT molecular complexity index is 576. The molecule has 1 aliphatic rings. The minimum atomic E-state index is -0.732.